The molecule has 0 aliphatic carbocycles. The Morgan fingerprint density at radius 3 is 1.97 bits per heavy atom. The number of hydrogen-bond donors (Lipinski definition) is 7. The van der Waals surface area contributed by atoms with Gasteiger partial charge >= 0.3 is 0 Å². The second-order valence-corrected chi connectivity index (χ2v) is 8.49. The molecule has 0 spiro atoms. The number of hydrogen-bond acceptors (Lipinski definition) is 11. The number of carbonyl (C=O) groups is 2. The summed E-state index contributed by atoms with van der Waals surface area (Å²) in [5.41, 5.74) is -1.01. The van der Waals surface area contributed by atoms with Gasteiger partial charge in [-0.3, -0.25) is 9.59 Å². The summed E-state index contributed by atoms with van der Waals surface area (Å²) in [5.74, 6) is -0.919. The minimum atomic E-state index is -1.45. The predicted octanol–water partition coefficient (Wildman–Crippen LogP) is -3.74. The highest BCUT2D eigenvalue weighted by Crippen LogP contribution is 2.37. The maximum Gasteiger partial charge on any atom is 0.217 e. The van der Waals surface area contributed by atoms with Gasteiger partial charge in [-0.1, -0.05) is 0 Å². The van der Waals surface area contributed by atoms with Crippen LogP contribution < -0.4 is 10.6 Å². The van der Waals surface area contributed by atoms with Gasteiger partial charge in [0.1, 0.15) is 29.8 Å². The van der Waals surface area contributed by atoms with Crippen LogP contribution in [0.1, 0.15) is 13.8 Å². The Balaban J connectivity index is 2.29. The largest absolute Gasteiger partial charge is 0.394 e. The van der Waals surface area contributed by atoms with Gasteiger partial charge in [0.25, 0.3) is 0 Å². The minimum Gasteiger partial charge on any atom is -0.394 e. The first-order chi connectivity index (χ1) is 14.1. The van der Waals surface area contributed by atoms with Crippen molar-refractivity contribution in [2.24, 2.45) is 0 Å². The fourth-order valence-electron chi connectivity index (χ4n) is 3.57. The minimum absolute atomic E-state index is 0.431. The van der Waals surface area contributed by atoms with Crippen molar-refractivity contribution in [3.63, 3.8) is 0 Å². The van der Waals surface area contributed by atoms with E-state index in [0.29, 0.717) is 0 Å². The van der Waals surface area contributed by atoms with Crippen molar-refractivity contribution in [2.75, 3.05) is 20.3 Å². The monoisotopic (exact) mass is 454 g/mol. The molecule has 0 saturated carbocycles. The Kier molecular flexibility index (Phi) is 9.27. The van der Waals surface area contributed by atoms with E-state index in [4.69, 9.17) is 14.2 Å². The molecule has 12 nitrogen and oxygen atoms in total. The molecule has 0 aromatic carbocycles. The van der Waals surface area contributed by atoms with Crippen molar-refractivity contribution in [1.82, 2.24) is 10.6 Å². The van der Waals surface area contributed by atoms with Crippen molar-refractivity contribution in [3.8, 4) is 0 Å². The molecule has 0 aromatic rings. The lowest BCUT2D eigenvalue weighted by Gasteiger charge is -2.47. The molecular weight excluding hydrogens is 424 g/mol. The Labute approximate surface area is 177 Å². The van der Waals surface area contributed by atoms with Crippen LogP contribution >= 0.6 is 11.8 Å². The summed E-state index contributed by atoms with van der Waals surface area (Å²) >= 11 is 0.940. The van der Waals surface area contributed by atoms with Crippen LogP contribution in [0.3, 0.4) is 0 Å². The fraction of sp³-hybridized carbons (Fsp3) is 0.882. The smallest absolute Gasteiger partial charge is 0.217 e. The molecule has 2 fully saturated rings. The van der Waals surface area contributed by atoms with Crippen LogP contribution in [0.25, 0.3) is 0 Å². The second kappa shape index (κ2) is 11.0. The van der Waals surface area contributed by atoms with Crippen LogP contribution in [0, 0.1) is 0 Å². The molecule has 0 radical (unpaired) electrons. The molecule has 2 saturated heterocycles. The summed E-state index contributed by atoms with van der Waals surface area (Å²) in [6.45, 7) is 1.41. The Morgan fingerprint density at radius 2 is 1.47 bits per heavy atom. The van der Waals surface area contributed by atoms with Crippen molar-refractivity contribution in [3.05, 3.63) is 0 Å². The molecule has 2 aliphatic rings. The standard InChI is InChI=1S/C17H30N2O10S/c1-6(22)18-10-14(26)15(9(5-21)28-16(10)27-3)30-17-11(19-7(2)23)13(25)12(24)8(4-20)29-17/h8-17,20-21,24-26H,4-5H2,1-3H3,(H,18,22)(H,19,23)/t8-,9-,10-,11-,12-,13-,14-,15-,16+,17+/m1/s1. The lowest BCUT2D eigenvalue weighted by Crippen LogP contribution is -2.66. The van der Waals surface area contributed by atoms with Gasteiger partial charge in [0.15, 0.2) is 6.29 Å². The number of nitrogens with one attached hydrogen (secondary N) is 2. The van der Waals surface area contributed by atoms with Crippen molar-refractivity contribution in [2.45, 2.75) is 73.4 Å². The van der Waals surface area contributed by atoms with Gasteiger partial charge in [0.05, 0.1) is 36.7 Å². The summed E-state index contributed by atoms with van der Waals surface area (Å²) in [4.78, 5) is 23.1. The highest BCUT2D eigenvalue weighted by Gasteiger charge is 2.51. The van der Waals surface area contributed by atoms with Crippen LogP contribution in [-0.2, 0) is 23.8 Å². The van der Waals surface area contributed by atoms with E-state index in [9.17, 15) is 35.1 Å². The topological polar surface area (TPSA) is 187 Å². The van der Waals surface area contributed by atoms with Crippen molar-refractivity contribution in [1.29, 1.82) is 0 Å². The zero-order valence-electron chi connectivity index (χ0n) is 16.9. The molecular formula is C17H30N2O10S. The SMILES string of the molecule is CO[C@H]1O[C@H](CO)[C@@H](S[C@@H]2O[C@H](CO)[C@@H](O)[C@H](O)[C@H]2NC(C)=O)[C@H](O)[C@H]1NC(C)=O. The van der Waals surface area contributed by atoms with Crippen LogP contribution in [0.5, 0.6) is 0 Å². The molecule has 10 atom stereocenters. The van der Waals surface area contributed by atoms with Crippen LogP contribution in [0.4, 0.5) is 0 Å². The van der Waals surface area contributed by atoms with Crippen LogP contribution in [-0.4, -0.2) is 117 Å². The Hall–Kier alpha value is -1.03. The highest BCUT2D eigenvalue weighted by molar-refractivity contribution is 8.00. The Bertz CT molecular complexity index is 599. The fourth-order valence-corrected chi connectivity index (χ4v) is 5.14. The Morgan fingerprint density at radius 1 is 0.900 bits per heavy atom. The number of ether oxygens (including phenoxy) is 3. The predicted molar refractivity (Wildman–Crippen MR) is 103 cm³/mol. The molecule has 2 rings (SSSR count). The molecule has 0 aromatic heterocycles. The summed E-state index contributed by atoms with van der Waals surface area (Å²) in [7, 11) is 1.33. The summed E-state index contributed by atoms with van der Waals surface area (Å²) < 4.78 is 16.5. The molecule has 174 valence electrons. The molecule has 7 N–H and O–H groups in total. The average molecular weight is 454 g/mol. The molecule has 2 aliphatic heterocycles. The van der Waals surface area contributed by atoms with E-state index in [1.807, 2.05) is 0 Å². The van der Waals surface area contributed by atoms with E-state index in [2.05, 4.69) is 10.6 Å². The lowest BCUT2D eigenvalue weighted by molar-refractivity contribution is -0.224. The summed E-state index contributed by atoms with van der Waals surface area (Å²) in [6, 6.07) is -2.03. The first-order valence-corrected chi connectivity index (χ1v) is 10.4. The van der Waals surface area contributed by atoms with Gasteiger partial charge in [-0.2, -0.15) is 0 Å². The van der Waals surface area contributed by atoms with Gasteiger partial charge in [-0.15, -0.1) is 11.8 Å². The average Bonchev–Trinajstić information content (AvgIpc) is 2.69. The summed E-state index contributed by atoms with van der Waals surface area (Å²) in [6.07, 6.45) is -7.24. The summed E-state index contributed by atoms with van der Waals surface area (Å²) in [5, 5.41) is 54.9. The normalized spacial score (nSPS) is 41.9. The zero-order valence-corrected chi connectivity index (χ0v) is 17.7. The molecule has 2 amide bonds. The van der Waals surface area contributed by atoms with E-state index in [1.165, 1.54) is 21.0 Å². The number of methoxy groups -OCH3 is 1. The molecule has 0 bridgehead atoms. The number of carbonyl (C=O) groups excluding carboxylic acids is 2. The lowest BCUT2D eigenvalue weighted by atomic mass is 9.98. The van der Waals surface area contributed by atoms with Crippen LogP contribution in [0.15, 0.2) is 0 Å². The maximum absolute atomic E-state index is 11.6. The first kappa shape index (κ1) is 25.2. The van der Waals surface area contributed by atoms with Gasteiger partial charge in [0, 0.05) is 21.0 Å². The van der Waals surface area contributed by atoms with Crippen molar-refractivity contribution >= 4 is 23.6 Å². The number of aliphatic hydroxyl groups excluding tert-OH is 5. The van der Waals surface area contributed by atoms with E-state index in [1.54, 1.807) is 0 Å². The number of amides is 2. The highest BCUT2D eigenvalue weighted by atomic mass is 32.2. The molecule has 13 heteroatoms. The third-order valence-corrected chi connectivity index (χ3v) is 6.57. The van der Waals surface area contributed by atoms with E-state index >= 15 is 0 Å². The van der Waals surface area contributed by atoms with E-state index < -0.39 is 84.6 Å². The number of rotatable bonds is 7. The van der Waals surface area contributed by atoms with Crippen molar-refractivity contribution < 1.29 is 49.3 Å². The third kappa shape index (κ3) is 5.60. The maximum atomic E-state index is 11.6. The van der Waals surface area contributed by atoms with Gasteiger partial charge in [-0.05, 0) is 0 Å². The number of aliphatic hydroxyl groups is 5. The van der Waals surface area contributed by atoms with Gasteiger partial charge in [0.2, 0.25) is 11.8 Å². The molecule has 30 heavy (non-hydrogen) atoms. The first-order valence-electron chi connectivity index (χ1n) is 9.43. The quantitative estimate of drug-likeness (QED) is 0.200. The van der Waals surface area contributed by atoms with E-state index in [-0.39, 0.29) is 0 Å². The molecule has 2 heterocycles. The zero-order chi connectivity index (χ0) is 22.6. The van der Waals surface area contributed by atoms with Gasteiger partial charge in [-0.25, -0.2) is 0 Å². The second-order valence-electron chi connectivity index (χ2n) is 7.21. The van der Waals surface area contributed by atoms with Gasteiger partial charge < -0.3 is 50.4 Å². The van der Waals surface area contributed by atoms with E-state index in [0.717, 1.165) is 11.8 Å². The van der Waals surface area contributed by atoms with Crippen LogP contribution in [0.2, 0.25) is 0 Å². The third-order valence-electron chi connectivity index (χ3n) is 5.00. The molecule has 0 unspecified atom stereocenters. The number of thioether (sulfide) groups is 1.